The van der Waals surface area contributed by atoms with Crippen LogP contribution in [-0.2, 0) is 6.42 Å². The normalized spacial score (nSPS) is 11.0. The van der Waals surface area contributed by atoms with E-state index in [4.69, 9.17) is 23.2 Å². The summed E-state index contributed by atoms with van der Waals surface area (Å²) in [6.07, 6.45) is 2.22. The average molecular weight is 345 g/mol. The molecule has 5 nitrogen and oxygen atoms in total. The zero-order valence-corrected chi connectivity index (χ0v) is 14.1. The standard InChI is InChI=1S/C13H14Cl2N4OS/c1-6(2)4-9-18-19-13(21-9)17-12(20)8-5-16-7(3)10(14)11(8)15/h5-6H,4H2,1-3H3,(H,17,19,20). The number of hydrogen-bond donors (Lipinski definition) is 1. The Kier molecular flexibility index (Phi) is 5.13. The highest BCUT2D eigenvalue weighted by Gasteiger charge is 2.17. The molecule has 0 unspecified atom stereocenters. The lowest BCUT2D eigenvalue weighted by Crippen LogP contribution is -2.13. The number of nitrogens with zero attached hydrogens (tertiary/aromatic N) is 3. The summed E-state index contributed by atoms with van der Waals surface area (Å²) < 4.78 is 0. The van der Waals surface area contributed by atoms with Gasteiger partial charge in [0.05, 0.1) is 21.3 Å². The monoisotopic (exact) mass is 344 g/mol. The lowest BCUT2D eigenvalue weighted by atomic mass is 10.1. The van der Waals surface area contributed by atoms with E-state index in [1.807, 2.05) is 0 Å². The predicted molar refractivity (Wildman–Crippen MR) is 85.4 cm³/mol. The van der Waals surface area contributed by atoms with E-state index in [9.17, 15) is 4.79 Å². The fourth-order valence-electron chi connectivity index (χ4n) is 1.61. The van der Waals surface area contributed by atoms with Gasteiger partial charge in [-0.2, -0.15) is 0 Å². The molecule has 21 heavy (non-hydrogen) atoms. The van der Waals surface area contributed by atoms with Crippen molar-refractivity contribution in [1.29, 1.82) is 0 Å². The van der Waals surface area contributed by atoms with Crippen molar-refractivity contribution in [3.63, 3.8) is 0 Å². The van der Waals surface area contributed by atoms with Gasteiger partial charge in [-0.3, -0.25) is 15.1 Å². The first-order chi connectivity index (χ1) is 9.88. The Morgan fingerprint density at radius 2 is 2.05 bits per heavy atom. The van der Waals surface area contributed by atoms with E-state index >= 15 is 0 Å². The minimum Gasteiger partial charge on any atom is -0.296 e. The van der Waals surface area contributed by atoms with Crippen LogP contribution in [0, 0.1) is 12.8 Å². The van der Waals surface area contributed by atoms with Crippen LogP contribution in [0.25, 0.3) is 0 Å². The minimum atomic E-state index is -0.401. The van der Waals surface area contributed by atoms with Gasteiger partial charge in [-0.05, 0) is 12.8 Å². The van der Waals surface area contributed by atoms with E-state index in [1.165, 1.54) is 17.5 Å². The van der Waals surface area contributed by atoms with Gasteiger partial charge < -0.3 is 0 Å². The van der Waals surface area contributed by atoms with Crippen molar-refractivity contribution in [3.8, 4) is 0 Å². The summed E-state index contributed by atoms with van der Waals surface area (Å²) in [4.78, 5) is 16.2. The van der Waals surface area contributed by atoms with Gasteiger partial charge in [0.15, 0.2) is 0 Å². The maximum absolute atomic E-state index is 12.2. The number of pyridine rings is 1. The van der Waals surface area contributed by atoms with Crippen LogP contribution in [0.4, 0.5) is 5.13 Å². The van der Waals surface area contributed by atoms with Gasteiger partial charge in [0.2, 0.25) is 5.13 Å². The highest BCUT2D eigenvalue weighted by Crippen LogP contribution is 2.28. The summed E-state index contributed by atoms with van der Waals surface area (Å²) in [5.41, 5.74) is 0.793. The Morgan fingerprint density at radius 1 is 1.33 bits per heavy atom. The summed E-state index contributed by atoms with van der Waals surface area (Å²) in [5, 5.41) is 12.4. The first kappa shape index (κ1) is 16.1. The second kappa shape index (κ2) is 6.68. The largest absolute Gasteiger partial charge is 0.296 e. The van der Waals surface area contributed by atoms with E-state index in [-0.39, 0.29) is 15.6 Å². The molecule has 8 heteroatoms. The lowest BCUT2D eigenvalue weighted by Gasteiger charge is -2.06. The molecule has 0 bridgehead atoms. The van der Waals surface area contributed by atoms with Gasteiger partial charge in [-0.25, -0.2) is 0 Å². The molecule has 0 aromatic carbocycles. The molecule has 0 atom stereocenters. The molecule has 0 fully saturated rings. The van der Waals surface area contributed by atoms with E-state index in [0.717, 1.165) is 11.4 Å². The third-order valence-electron chi connectivity index (χ3n) is 2.65. The third kappa shape index (κ3) is 3.90. The molecule has 0 aliphatic heterocycles. The fraction of sp³-hybridized carbons (Fsp3) is 0.385. The molecule has 0 saturated carbocycles. The molecule has 1 amide bonds. The molecular formula is C13H14Cl2N4OS. The first-order valence-corrected chi connectivity index (χ1v) is 7.90. The molecule has 0 aliphatic carbocycles. The van der Waals surface area contributed by atoms with Crippen molar-refractivity contribution in [2.24, 2.45) is 5.92 Å². The number of rotatable bonds is 4. The fourth-order valence-corrected chi connectivity index (χ4v) is 2.98. The number of nitrogens with one attached hydrogen (secondary N) is 1. The van der Waals surface area contributed by atoms with Crippen LogP contribution >= 0.6 is 34.5 Å². The van der Waals surface area contributed by atoms with Crippen LogP contribution in [-0.4, -0.2) is 21.1 Å². The maximum atomic E-state index is 12.2. The Morgan fingerprint density at radius 3 is 2.71 bits per heavy atom. The van der Waals surface area contributed by atoms with E-state index in [2.05, 4.69) is 34.3 Å². The van der Waals surface area contributed by atoms with Crippen molar-refractivity contribution in [2.45, 2.75) is 27.2 Å². The van der Waals surface area contributed by atoms with Crippen molar-refractivity contribution < 1.29 is 4.79 Å². The average Bonchev–Trinajstić information content (AvgIpc) is 2.82. The number of halogens is 2. The van der Waals surface area contributed by atoms with Gasteiger partial charge in [0.1, 0.15) is 5.01 Å². The molecule has 0 aliphatic rings. The minimum absolute atomic E-state index is 0.189. The van der Waals surface area contributed by atoms with Crippen molar-refractivity contribution in [1.82, 2.24) is 15.2 Å². The number of anilines is 1. The van der Waals surface area contributed by atoms with Crippen molar-refractivity contribution in [2.75, 3.05) is 5.32 Å². The highest BCUT2D eigenvalue weighted by molar-refractivity contribution is 7.15. The number of hydrogen-bond acceptors (Lipinski definition) is 5. The summed E-state index contributed by atoms with van der Waals surface area (Å²) in [7, 11) is 0. The number of carbonyl (C=O) groups excluding carboxylic acids is 1. The quantitative estimate of drug-likeness (QED) is 0.909. The van der Waals surface area contributed by atoms with E-state index in [1.54, 1.807) is 6.92 Å². The van der Waals surface area contributed by atoms with Gasteiger partial charge in [-0.1, -0.05) is 48.4 Å². The first-order valence-electron chi connectivity index (χ1n) is 6.32. The Bertz CT molecular complexity index is 672. The van der Waals surface area contributed by atoms with Crippen molar-refractivity contribution >= 4 is 45.6 Å². The molecule has 2 aromatic rings. The van der Waals surface area contributed by atoms with Crippen LogP contribution in [0.2, 0.25) is 10.0 Å². The summed E-state index contributed by atoms with van der Waals surface area (Å²) >= 11 is 13.4. The molecule has 0 spiro atoms. The predicted octanol–water partition coefficient (Wildman–Crippen LogP) is 4.00. The molecule has 112 valence electrons. The van der Waals surface area contributed by atoms with E-state index in [0.29, 0.717) is 16.7 Å². The highest BCUT2D eigenvalue weighted by atomic mass is 35.5. The Labute approximate surface area is 136 Å². The van der Waals surface area contributed by atoms with Gasteiger partial charge in [0, 0.05) is 12.6 Å². The Balaban J connectivity index is 2.15. The molecular weight excluding hydrogens is 331 g/mol. The molecule has 2 heterocycles. The van der Waals surface area contributed by atoms with Gasteiger partial charge in [0.25, 0.3) is 5.91 Å². The lowest BCUT2D eigenvalue weighted by molar-refractivity contribution is 0.102. The summed E-state index contributed by atoms with van der Waals surface area (Å²) in [6.45, 7) is 5.91. The second-order valence-corrected chi connectivity index (χ2v) is 6.76. The topological polar surface area (TPSA) is 67.8 Å². The van der Waals surface area contributed by atoms with Crippen LogP contribution in [0.1, 0.15) is 34.9 Å². The second-order valence-electron chi connectivity index (χ2n) is 4.94. The van der Waals surface area contributed by atoms with E-state index < -0.39 is 5.91 Å². The zero-order valence-electron chi connectivity index (χ0n) is 11.8. The molecule has 0 saturated heterocycles. The number of amides is 1. The van der Waals surface area contributed by atoms with Crippen LogP contribution in [0.3, 0.4) is 0 Å². The molecule has 2 aromatic heterocycles. The molecule has 0 radical (unpaired) electrons. The Hall–Kier alpha value is -1.24. The number of aromatic nitrogens is 3. The third-order valence-corrected chi connectivity index (χ3v) is 4.46. The number of carbonyl (C=O) groups is 1. The molecule has 1 N–H and O–H groups in total. The van der Waals surface area contributed by atoms with Crippen LogP contribution in [0.5, 0.6) is 0 Å². The zero-order chi connectivity index (χ0) is 15.6. The van der Waals surface area contributed by atoms with Gasteiger partial charge in [-0.15, -0.1) is 10.2 Å². The van der Waals surface area contributed by atoms with Crippen LogP contribution < -0.4 is 5.32 Å². The molecule has 2 rings (SSSR count). The van der Waals surface area contributed by atoms with Crippen molar-refractivity contribution in [3.05, 3.63) is 32.5 Å². The maximum Gasteiger partial charge on any atom is 0.260 e. The number of aryl methyl sites for hydroxylation is 1. The SMILES string of the molecule is Cc1ncc(C(=O)Nc2nnc(CC(C)C)s2)c(Cl)c1Cl. The summed E-state index contributed by atoms with van der Waals surface area (Å²) in [5.74, 6) is 0.0812. The smallest absolute Gasteiger partial charge is 0.260 e. The van der Waals surface area contributed by atoms with Crippen LogP contribution in [0.15, 0.2) is 6.20 Å². The summed E-state index contributed by atoms with van der Waals surface area (Å²) in [6, 6.07) is 0. The van der Waals surface area contributed by atoms with Gasteiger partial charge >= 0.3 is 0 Å².